The molecule has 5 heteroatoms. The molecule has 1 aromatic carbocycles. The minimum Gasteiger partial charge on any atom is -0.466 e. The topological polar surface area (TPSA) is 60.1 Å². The first kappa shape index (κ1) is 16.1. The zero-order valence-corrected chi connectivity index (χ0v) is 14.0. The van der Waals surface area contributed by atoms with E-state index in [0.717, 1.165) is 30.1 Å². The third kappa shape index (κ3) is 3.56. The summed E-state index contributed by atoms with van der Waals surface area (Å²) in [5, 5.41) is 2.94. The fourth-order valence-electron chi connectivity index (χ4n) is 2.74. The molecule has 0 bridgehead atoms. The number of nitrogens with one attached hydrogen (secondary N) is 1. The highest BCUT2D eigenvalue weighted by atomic mass is 16.3. The van der Waals surface area contributed by atoms with Gasteiger partial charge in [-0.15, -0.1) is 0 Å². The molecule has 124 valence electrons. The van der Waals surface area contributed by atoms with Crippen LogP contribution >= 0.6 is 0 Å². The van der Waals surface area contributed by atoms with Crippen molar-refractivity contribution in [3.05, 3.63) is 65.9 Å². The van der Waals surface area contributed by atoms with Crippen LogP contribution < -0.4 is 5.32 Å². The van der Waals surface area contributed by atoms with Gasteiger partial charge in [0.1, 0.15) is 17.3 Å². The van der Waals surface area contributed by atoms with Crippen LogP contribution in [0.1, 0.15) is 28.3 Å². The number of furan rings is 1. The maximum atomic E-state index is 12.1. The lowest BCUT2D eigenvalue weighted by Gasteiger charge is -2.09. The van der Waals surface area contributed by atoms with E-state index in [-0.39, 0.29) is 5.91 Å². The second-order valence-electron chi connectivity index (χ2n) is 5.75. The van der Waals surface area contributed by atoms with Crippen molar-refractivity contribution < 1.29 is 9.21 Å². The number of aromatic nitrogens is 2. The lowest BCUT2D eigenvalue weighted by atomic mass is 10.2. The molecule has 5 nitrogen and oxygen atoms in total. The van der Waals surface area contributed by atoms with Crippen molar-refractivity contribution in [2.24, 2.45) is 0 Å². The van der Waals surface area contributed by atoms with Crippen LogP contribution in [0.2, 0.25) is 0 Å². The molecule has 0 spiro atoms. The Labute approximate surface area is 141 Å². The number of carbonyl (C=O) groups excluding carboxylic acids is 1. The van der Waals surface area contributed by atoms with E-state index in [1.165, 1.54) is 0 Å². The Morgan fingerprint density at radius 2 is 2.04 bits per heavy atom. The summed E-state index contributed by atoms with van der Waals surface area (Å²) in [5.41, 5.74) is 1.70. The largest absolute Gasteiger partial charge is 0.466 e. The predicted octanol–water partition coefficient (Wildman–Crippen LogP) is 3.58. The van der Waals surface area contributed by atoms with Crippen LogP contribution in [0.25, 0.3) is 11.4 Å². The van der Waals surface area contributed by atoms with Crippen LogP contribution in [-0.4, -0.2) is 22.0 Å². The lowest BCUT2D eigenvalue weighted by molar-refractivity contribution is 0.0951. The van der Waals surface area contributed by atoms with E-state index >= 15 is 0 Å². The molecule has 1 amide bonds. The van der Waals surface area contributed by atoms with Gasteiger partial charge in [-0.25, -0.2) is 4.98 Å². The molecule has 0 aliphatic heterocycles. The number of benzene rings is 1. The van der Waals surface area contributed by atoms with Crippen LogP contribution in [0.5, 0.6) is 0 Å². The first-order valence-corrected chi connectivity index (χ1v) is 8.07. The summed E-state index contributed by atoms with van der Waals surface area (Å²) >= 11 is 0. The molecule has 0 saturated carbocycles. The molecular weight excluding hydrogens is 302 g/mol. The van der Waals surface area contributed by atoms with Crippen LogP contribution in [0.4, 0.5) is 0 Å². The van der Waals surface area contributed by atoms with Crippen molar-refractivity contribution in [2.45, 2.75) is 26.8 Å². The lowest BCUT2D eigenvalue weighted by Crippen LogP contribution is -2.25. The van der Waals surface area contributed by atoms with Gasteiger partial charge in [-0.1, -0.05) is 30.3 Å². The Morgan fingerprint density at radius 1 is 1.25 bits per heavy atom. The molecule has 0 saturated heterocycles. The predicted molar refractivity (Wildman–Crippen MR) is 92.8 cm³/mol. The second kappa shape index (κ2) is 7.17. The minimum absolute atomic E-state index is 0.0849. The van der Waals surface area contributed by atoms with Crippen LogP contribution in [0.3, 0.4) is 0 Å². The summed E-state index contributed by atoms with van der Waals surface area (Å²) in [6.45, 7) is 5.05. The number of hydrogen-bond acceptors (Lipinski definition) is 3. The van der Waals surface area contributed by atoms with Crippen LogP contribution in [-0.2, 0) is 6.54 Å². The van der Waals surface area contributed by atoms with Gasteiger partial charge in [0.05, 0.1) is 5.56 Å². The van der Waals surface area contributed by atoms with Gasteiger partial charge < -0.3 is 14.3 Å². The van der Waals surface area contributed by atoms with Gasteiger partial charge in [0.15, 0.2) is 0 Å². The highest BCUT2D eigenvalue weighted by Gasteiger charge is 2.12. The van der Waals surface area contributed by atoms with Gasteiger partial charge in [-0.05, 0) is 26.3 Å². The third-order valence-corrected chi connectivity index (χ3v) is 3.89. The van der Waals surface area contributed by atoms with Gasteiger partial charge in [-0.2, -0.15) is 0 Å². The first-order valence-electron chi connectivity index (χ1n) is 8.07. The number of nitrogens with zero attached hydrogens (tertiary/aromatic N) is 2. The van der Waals surface area contributed by atoms with E-state index in [2.05, 4.69) is 14.9 Å². The number of amides is 1. The monoisotopic (exact) mass is 323 g/mol. The highest BCUT2D eigenvalue weighted by molar-refractivity contribution is 5.95. The van der Waals surface area contributed by atoms with Gasteiger partial charge >= 0.3 is 0 Å². The number of imidazole rings is 1. The molecular formula is C19H21N3O2. The Bertz CT molecular complexity index is 818. The summed E-state index contributed by atoms with van der Waals surface area (Å²) in [4.78, 5) is 16.6. The summed E-state index contributed by atoms with van der Waals surface area (Å²) in [5.74, 6) is 2.27. The van der Waals surface area contributed by atoms with Crippen molar-refractivity contribution >= 4 is 5.91 Å². The SMILES string of the molecule is Cc1cc(C(=O)NCCCn2ccnc2-c2ccccc2)c(C)o1. The Kier molecular flexibility index (Phi) is 4.79. The molecule has 0 aliphatic rings. The van der Waals surface area contributed by atoms with Gasteiger partial charge in [0.25, 0.3) is 5.91 Å². The normalized spacial score (nSPS) is 10.8. The van der Waals surface area contributed by atoms with E-state index in [0.29, 0.717) is 17.9 Å². The van der Waals surface area contributed by atoms with Crippen LogP contribution in [0.15, 0.2) is 53.2 Å². The van der Waals surface area contributed by atoms with E-state index in [9.17, 15) is 4.79 Å². The van der Waals surface area contributed by atoms with E-state index in [1.54, 1.807) is 19.2 Å². The molecule has 2 aromatic heterocycles. The van der Waals surface area contributed by atoms with E-state index in [1.807, 2.05) is 43.5 Å². The first-order chi connectivity index (χ1) is 11.6. The number of rotatable bonds is 6. The smallest absolute Gasteiger partial charge is 0.254 e. The maximum absolute atomic E-state index is 12.1. The fourth-order valence-corrected chi connectivity index (χ4v) is 2.74. The van der Waals surface area contributed by atoms with Crippen molar-refractivity contribution in [2.75, 3.05) is 6.54 Å². The number of hydrogen-bond donors (Lipinski definition) is 1. The van der Waals surface area contributed by atoms with Crippen molar-refractivity contribution in [1.82, 2.24) is 14.9 Å². The molecule has 0 radical (unpaired) electrons. The molecule has 3 aromatic rings. The van der Waals surface area contributed by atoms with E-state index < -0.39 is 0 Å². The van der Waals surface area contributed by atoms with Crippen molar-refractivity contribution in [1.29, 1.82) is 0 Å². The molecule has 3 rings (SSSR count). The Morgan fingerprint density at radius 3 is 2.75 bits per heavy atom. The molecule has 2 heterocycles. The van der Waals surface area contributed by atoms with Gasteiger partial charge in [0.2, 0.25) is 0 Å². The zero-order chi connectivity index (χ0) is 16.9. The molecule has 0 atom stereocenters. The molecule has 0 unspecified atom stereocenters. The Balaban J connectivity index is 1.54. The molecule has 1 N–H and O–H groups in total. The summed E-state index contributed by atoms with van der Waals surface area (Å²) < 4.78 is 7.50. The van der Waals surface area contributed by atoms with Crippen LogP contribution in [0, 0.1) is 13.8 Å². The molecule has 24 heavy (non-hydrogen) atoms. The average Bonchev–Trinajstić information content (AvgIpc) is 3.18. The minimum atomic E-state index is -0.0849. The fraction of sp³-hybridized carbons (Fsp3) is 0.263. The molecule has 0 fully saturated rings. The number of carbonyl (C=O) groups is 1. The highest BCUT2D eigenvalue weighted by Crippen LogP contribution is 2.17. The maximum Gasteiger partial charge on any atom is 0.254 e. The summed E-state index contributed by atoms with van der Waals surface area (Å²) in [6, 6.07) is 11.9. The second-order valence-corrected chi connectivity index (χ2v) is 5.75. The van der Waals surface area contributed by atoms with E-state index in [4.69, 9.17) is 4.42 Å². The van der Waals surface area contributed by atoms with Crippen molar-refractivity contribution in [3.63, 3.8) is 0 Å². The summed E-state index contributed by atoms with van der Waals surface area (Å²) in [7, 11) is 0. The van der Waals surface area contributed by atoms with Gasteiger partial charge in [0, 0.05) is 31.0 Å². The summed E-state index contributed by atoms with van der Waals surface area (Å²) in [6.07, 6.45) is 4.60. The molecule has 0 aliphatic carbocycles. The Hall–Kier alpha value is -2.82. The number of aryl methyl sites for hydroxylation is 3. The van der Waals surface area contributed by atoms with Gasteiger partial charge in [-0.3, -0.25) is 4.79 Å². The zero-order valence-electron chi connectivity index (χ0n) is 14.0. The average molecular weight is 323 g/mol. The van der Waals surface area contributed by atoms with Crippen molar-refractivity contribution in [3.8, 4) is 11.4 Å². The quantitative estimate of drug-likeness (QED) is 0.705. The third-order valence-electron chi connectivity index (χ3n) is 3.89. The standard InChI is InChI=1S/C19H21N3O2/c1-14-13-17(15(2)24-14)19(23)21-9-6-11-22-12-10-20-18(22)16-7-4-3-5-8-16/h3-5,7-8,10,12-13H,6,9,11H2,1-2H3,(H,21,23).